The second-order valence-electron chi connectivity index (χ2n) is 5.99. The molecule has 1 aromatic carbocycles. The molecule has 2 aromatic rings. The number of ether oxygens (including phenoxy) is 1. The number of hydrogen-bond donors (Lipinski definition) is 1. The van der Waals surface area contributed by atoms with Gasteiger partial charge in [-0.1, -0.05) is 23.5 Å². The lowest BCUT2D eigenvalue weighted by atomic mass is 10.1. The van der Waals surface area contributed by atoms with Gasteiger partial charge >= 0.3 is 0 Å². The summed E-state index contributed by atoms with van der Waals surface area (Å²) < 4.78 is 5.76. The maximum atomic E-state index is 11.9. The summed E-state index contributed by atoms with van der Waals surface area (Å²) in [6.07, 6.45) is 3.48. The van der Waals surface area contributed by atoms with E-state index in [2.05, 4.69) is 21.6 Å². The highest BCUT2D eigenvalue weighted by molar-refractivity contribution is 7.15. The van der Waals surface area contributed by atoms with E-state index in [4.69, 9.17) is 4.74 Å². The number of amides is 1. The molecule has 1 heterocycles. The Hall–Kier alpha value is -1.95. The first-order chi connectivity index (χ1) is 11.1. The molecule has 0 aliphatic heterocycles. The van der Waals surface area contributed by atoms with Crippen molar-refractivity contribution in [3.8, 4) is 5.75 Å². The summed E-state index contributed by atoms with van der Waals surface area (Å²) in [6.45, 7) is 4.59. The Morgan fingerprint density at radius 1 is 1.35 bits per heavy atom. The Labute approximate surface area is 140 Å². The van der Waals surface area contributed by atoms with Crippen molar-refractivity contribution in [1.29, 1.82) is 0 Å². The van der Waals surface area contributed by atoms with E-state index in [0.29, 0.717) is 30.5 Å². The first-order valence-electron chi connectivity index (χ1n) is 7.95. The van der Waals surface area contributed by atoms with E-state index in [9.17, 15) is 4.79 Å². The Kier molecular flexibility index (Phi) is 4.91. The number of nitrogens with one attached hydrogen (secondary N) is 1. The molecule has 1 aliphatic carbocycles. The molecule has 0 spiro atoms. The highest BCUT2D eigenvalue weighted by Gasteiger charge is 2.27. The third kappa shape index (κ3) is 4.51. The number of carbonyl (C=O) groups excluding carboxylic acids is 1. The van der Waals surface area contributed by atoms with Crippen LogP contribution in [-0.2, 0) is 4.79 Å². The third-order valence-electron chi connectivity index (χ3n) is 3.76. The summed E-state index contributed by atoms with van der Waals surface area (Å²) in [6, 6.07) is 6.13. The minimum atomic E-state index is -0.0342. The van der Waals surface area contributed by atoms with Gasteiger partial charge in [-0.15, -0.1) is 10.2 Å². The van der Waals surface area contributed by atoms with Crippen molar-refractivity contribution in [2.45, 2.75) is 45.4 Å². The fourth-order valence-electron chi connectivity index (χ4n) is 2.24. The smallest absolute Gasteiger partial charge is 0.226 e. The molecule has 0 bridgehead atoms. The van der Waals surface area contributed by atoms with E-state index in [0.717, 1.165) is 16.3 Å². The number of hydrogen-bond acceptors (Lipinski definition) is 5. The summed E-state index contributed by atoms with van der Waals surface area (Å²) in [4.78, 5) is 11.9. The van der Waals surface area contributed by atoms with Crippen LogP contribution in [0.3, 0.4) is 0 Å². The second kappa shape index (κ2) is 7.08. The standard InChI is InChI=1S/C17H21N3O2S/c1-11-5-6-12(2)14(10-11)22-9-3-4-15(21)18-17-20-19-16(23-17)13-7-8-13/h5-6,10,13H,3-4,7-9H2,1-2H3,(H,18,20,21). The molecule has 0 unspecified atom stereocenters. The molecule has 0 saturated heterocycles. The Morgan fingerprint density at radius 3 is 2.96 bits per heavy atom. The van der Waals surface area contributed by atoms with Gasteiger partial charge in [0.15, 0.2) is 0 Å². The van der Waals surface area contributed by atoms with Crippen LogP contribution >= 0.6 is 11.3 Å². The number of nitrogens with zero attached hydrogens (tertiary/aromatic N) is 2. The largest absolute Gasteiger partial charge is 0.493 e. The molecule has 1 N–H and O–H groups in total. The summed E-state index contributed by atoms with van der Waals surface area (Å²) in [5.74, 6) is 1.43. The Bertz CT molecular complexity index is 695. The number of benzene rings is 1. The number of aryl methyl sites for hydroxylation is 2. The molecule has 1 fully saturated rings. The molecule has 122 valence electrons. The van der Waals surface area contributed by atoms with Crippen molar-refractivity contribution in [3.05, 3.63) is 34.3 Å². The minimum absolute atomic E-state index is 0.0342. The van der Waals surface area contributed by atoms with Gasteiger partial charge in [0.2, 0.25) is 11.0 Å². The molecule has 0 radical (unpaired) electrons. The molecule has 1 amide bonds. The lowest BCUT2D eigenvalue weighted by molar-refractivity contribution is -0.116. The van der Waals surface area contributed by atoms with Crippen LogP contribution in [0.5, 0.6) is 5.75 Å². The normalized spacial score (nSPS) is 13.8. The predicted molar refractivity (Wildman–Crippen MR) is 91.2 cm³/mol. The minimum Gasteiger partial charge on any atom is -0.493 e. The zero-order chi connectivity index (χ0) is 16.2. The van der Waals surface area contributed by atoms with E-state index >= 15 is 0 Å². The third-order valence-corrected chi connectivity index (χ3v) is 4.76. The van der Waals surface area contributed by atoms with E-state index < -0.39 is 0 Å². The van der Waals surface area contributed by atoms with Gasteiger partial charge in [-0.05, 0) is 50.3 Å². The molecule has 23 heavy (non-hydrogen) atoms. The van der Waals surface area contributed by atoms with Gasteiger partial charge in [0.25, 0.3) is 0 Å². The van der Waals surface area contributed by atoms with E-state index in [1.807, 2.05) is 26.0 Å². The quantitative estimate of drug-likeness (QED) is 0.783. The Balaban J connectivity index is 1.39. The molecule has 1 aliphatic rings. The van der Waals surface area contributed by atoms with Gasteiger partial charge in [0.1, 0.15) is 10.8 Å². The van der Waals surface area contributed by atoms with Crippen LogP contribution in [0.15, 0.2) is 18.2 Å². The molecule has 3 rings (SSSR count). The van der Waals surface area contributed by atoms with Crippen LogP contribution in [0.4, 0.5) is 5.13 Å². The average Bonchev–Trinajstić information content (AvgIpc) is 3.27. The molecular formula is C17H21N3O2S. The summed E-state index contributed by atoms with van der Waals surface area (Å²) in [7, 11) is 0. The summed E-state index contributed by atoms with van der Waals surface area (Å²) in [5, 5.41) is 12.6. The lowest BCUT2D eigenvalue weighted by Crippen LogP contribution is -2.12. The maximum absolute atomic E-state index is 11.9. The topological polar surface area (TPSA) is 64.1 Å². The van der Waals surface area contributed by atoms with Crippen molar-refractivity contribution in [2.24, 2.45) is 0 Å². The Morgan fingerprint density at radius 2 is 2.17 bits per heavy atom. The fourth-order valence-corrected chi connectivity index (χ4v) is 3.17. The predicted octanol–water partition coefficient (Wildman–Crippen LogP) is 3.83. The van der Waals surface area contributed by atoms with Crippen LogP contribution in [0.25, 0.3) is 0 Å². The van der Waals surface area contributed by atoms with Gasteiger partial charge in [-0.25, -0.2) is 0 Å². The first kappa shape index (κ1) is 15.9. The maximum Gasteiger partial charge on any atom is 0.226 e. The zero-order valence-corrected chi connectivity index (χ0v) is 14.3. The van der Waals surface area contributed by atoms with Gasteiger partial charge in [0.05, 0.1) is 6.61 Å². The van der Waals surface area contributed by atoms with Crippen molar-refractivity contribution in [2.75, 3.05) is 11.9 Å². The molecule has 5 nitrogen and oxygen atoms in total. The molecule has 0 atom stereocenters. The van der Waals surface area contributed by atoms with Gasteiger partial charge in [-0.2, -0.15) is 0 Å². The summed E-state index contributed by atoms with van der Waals surface area (Å²) in [5.41, 5.74) is 2.28. The highest BCUT2D eigenvalue weighted by Crippen LogP contribution is 2.42. The highest BCUT2D eigenvalue weighted by atomic mass is 32.1. The number of aromatic nitrogens is 2. The van der Waals surface area contributed by atoms with Crippen molar-refractivity contribution < 1.29 is 9.53 Å². The lowest BCUT2D eigenvalue weighted by Gasteiger charge is -2.09. The number of carbonyl (C=O) groups is 1. The van der Waals surface area contributed by atoms with Crippen molar-refractivity contribution in [3.63, 3.8) is 0 Å². The van der Waals surface area contributed by atoms with Crippen LogP contribution < -0.4 is 10.1 Å². The SMILES string of the molecule is Cc1ccc(C)c(OCCCC(=O)Nc2nnc(C3CC3)s2)c1. The zero-order valence-electron chi connectivity index (χ0n) is 13.5. The van der Waals surface area contributed by atoms with E-state index in [1.165, 1.54) is 29.7 Å². The molecule has 1 aromatic heterocycles. The van der Waals surface area contributed by atoms with Gasteiger partial charge < -0.3 is 10.1 Å². The number of rotatable bonds is 7. The van der Waals surface area contributed by atoms with Gasteiger partial charge in [-0.3, -0.25) is 4.79 Å². The first-order valence-corrected chi connectivity index (χ1v) is 8.77. The van der Waals surface area contributed by atoms with Crippen LogP contribution in [0.2, 0.25) is 0 Å². The summed E-state index contributed by atoms with van der Waals surface area (Å²) >= 11 is 1.49. The average molecular weight is 331 g/mol. The van der Waals surface area contributed by atoms with Crippen molar-refractivity contribution in [1.82, 2.24) is 10.2 Å². The van der Waals surface area contributed by atoms with E-state index in [1.54, 1.807) is 0 Å². The second-order valence-corrected chi connectivity index (χ2v) is 7.00. The van der Waals surface area contributed by atoms with Crippen LogP contribution in [0, 0.1) is 13.8 Å². The van der Waals surface area contributed by atoms with Crippen LogP contribution in [0.1, 0.15) is 47.7 Å². The number of anilines is 1. The van der Waals surface area contributed by atoms with E-state index in [-0.39, 0.29) is 5.91 Å². The van der Waals surface area contributed by atoms with Crippen LogP contribution in [-0.4, -0.2) is 22.7 Å². The molecule has 1 saturated carbocycles. The molecular weight excluding hydrogens is 310 g/mol. The van der Waals surface area contributed by atoms with Gasteiger partial charge in [0, 0.05) is 12.3 Å². The fraction of sp³-hybridized carbons (Fsp3) is 0.471. The molecule has 6 heteroatoms. The monoisotopic (exact) mass is 331 g/mol. The van der Waals surface area contributed by atoms with Crippen molar-refractivity contribution >= 4 is 22.4 Å².